The van der Waals surface area contributed by atoms with Gasteiger partial charge in [-0.25, -0.2) is 17.5 Å². The molecule has 0 saturated carbocycles. The molecule has 8 nitrogen and oxygen atoms in total. The Morgan fingerprint density at radius 1 is 1.16 bits per heavy atom. The molecule has 0 saturated heterocycles. The number of aromatic amines is 1. The second kappa shape index (κ2) is 6.19. The summed E-state index contributed by atoms with van der Waals surface area (Å²) in [4.78, 5) is 26.1. The van der Waals surface area contributed by atoms with E-state index in [2.05, 4.69) is 10.3 Å². The molecule has 0 fully saturated rings. The molecule has 0 radical (unpaired) electrons. The van der Waals surface area contributed by atoms with Crippen molar-refractivity contribution in [3.8, 4) is 0 Å². The van der Waals surface area contributed by atoms with E-state index in [0.29, 0.717) is 16.8 Å². The summed E-state index contributed by atoms with van der Waals surface area (Å²) >= 11 is 0. The molecule has 2 N–H and O–H groups in total. The van der Waals surface area contributed by atoms with Crippen molar-refractivity contribution in [2.45, 2.75) is 4.90 Å². The van der Waals surface area contributed by atoms with Gasteiger partial charge in [-0.2, -0.15) is 0 Å². The van der Waals surface area contributed by atoms with Gasteiger partial charge < -0.3 is 9.73 Å². The Kier molecular flexibility index (Phi) is 4.19. The number of benzene rings is 2. The molecule has 1 heterocycles. The van der Waals surface area contributed by atoms with Crippen LogP contribution in [0.1, 0.15) is 10.4 Å². The molecular formula is C16H15N3O5S. The Hall–Kier alpha value is -2.91. The van der Waals surface area contributed by atoms with Crippen LogP contribution in [-0.4, -0.2) is 37.7 Å². The molecule has 1 amide bonds. The molecule has 1 aromatic heterocycles. The Labute approximate surface area is 143 Å². The Bertz CT molecular complexity index is 1110. The van der Waals surface area contributed by atoms with Crippen molar-refractivity contribution in [2.24, 2.45) is 0 Å². The normalized spacial score (nSPS) is 11.8. The molecule has 0 aliphatic rings. The van der Waals surface area contributed by atoms with Crippen molar-refractivity contribution in [1.29, 1.82) is 0 Å². The monoisotopic (exact) mass is 361 g/mol. The van der Waals surface area contributed by atoms with Crippen molar-refractivity contribution in [2.75, 3.05) is 19.4 Å². The number of sulfonamides is 1. The van der Waals surface area contributed by atoms with Gasteiger partial charge in [-0.1, -0.05) is 6.07 Å². The van der Waals surface area contributed by atoms with Crippen molar-refractivity contribution < 1.29 is 17.6 Å². The highest BCUT2D eigenvalue weighted by atomic mass is 32.2. The van der Waals surface area contributed by atoms with Crippen LogP contribution in [0.2, 0.25) is 0 Å². The number of anilines is 1. The van der Waals surface area contributed by atoms with Crippen LogP contribution in [0.5, 0.6) is 0 Å². The largest absolute Gasteiger partial charge is 0.417 e. The Morgan fingerprint density at radius 3 is 2.64 bits per heavy atom. The van der Waals surface area contributed by atoms with E-state index in [1.807, 2.05) is 0 Å². The Balaban J connectivity index is 1.89. The second-order valence-corrected chi connectivity index (χ2v) is 7.65. The lowest BCUT2D eigenvalue weighted by Crippen LogP contribution is -2.22. The van der Waals surface area contributed by atoms with Gasteiger partial charge in [-0.05, 0) is 36.4 Å². The van der Waals surface area contributed by atoms with E-state index in [9.17, 15) is 18.0 Å². The highest BCUT2D eigenvalue weighted by Crippen LogP contribution is 2.19. The van der Waals surface area contributed by atoms with Gasteiger partial charge in [0.15, 0.2) is 5.58 Å². The molecule has 0 atom stereocenters. The number of hydrogen-bond acceptors (Lipinski definition) is 5. The number of amides is 1. The SMILES string of the molecule is CN(C)S(=O)(=O)c1cccc(C(=O)Nc2ccc3oc(=O)[nH]c3c2)c1. The number of oxazole rings is 1. The highest BCUT2D eigenvalue weighted by molar-refractivity contribution is 7.89. The van der Waals surface area contributed by atoms with E-state index >= 15 is 0 Å². The molecule has 3 rings (SSSR count). The van der Waals surface area contributed by atoms with Crippen molar-refractivity contribution >= 4 is 32.7 Å². The number of rotatable bonds is 4. The zero-order valence-corrected chi connectivity index (χ0v) is 14.3. The smallest absolute Gasteiger partial charge is 0.408 e. The molecule has 25 heavy (non-hydrogen) atoms. The molecular weight excluding hydrogens is 346 g/mol. The summed E-state index contributed by atoms with van der Waals surface area (Å²) < 4.78 is 30.3. The fourth-order valence-electron chi connectivity index (χ4n) is 2.24. The summed E-state index contributed by atoms with van der Waals surface area (Å²) in [6.45, 7) is 0. The van der Waals surface area contributed by atoms with Gasteiger partial charge in [0.2, 0.25) is 10.0 Å². The standard InChI is InChI=1S/C16H15N3O5S/c1-19(2)25(22,23)12-5-3-4-10(8-12)15(20)17-11-6-7-14-13(9-11)18-16(21)24-14/h3-9H,1-2H3,(H,17,20)(H,18,21). The summed E-state index contributed by atoms with van der Waals surface area (Å²) in [5.74, 6) is -1.05. The third kappa shape index (κ3) is 3.32. The first-order valence-corrected chi connectivity index (χ1v) is 8.68. The van der Waals surface area contributed by atoms with Crippen molar-refractivity contribution in [3.63, 3.8) is 0 Å². The number of hydrogen-bond donors (Lipinski definition) is 2. The summed E-state index contributed by atoms with van der Waals surface area (Å²) in [6, 6.07) is 10.4. The lowest BCUT2D eigenvalue weighted by atomic mass is 10.2. The third-order valence-electron chi connectivity index (χ3n) is 3.55. The fraction of sp³-hybridized carbons (Fsp3) is 0.125. The Morgan fingerprint density at radius 2 is 1.92 bits per heavy atom. The second-order valence-electron chi connectivity index (χ2n) is 5.49. The highest BCUT2D eigenvalue weighted by Gasteiger charge is 2.18. The van der Waals surface area contributed by atoms with Crippen LogP contribution in [0.3, 0.4) is 0 Å². The van der Waals surface area contributed by atoms with Crippen LogP contribution in [0.15, 0.2) is 56.6 Å². The minimum Gasteiger partial charge on any atom is -0.408 e. The maximum Gasteiger partial charge on any atom is 0.417 e. The van der Waals surface area contributed by atoms with Gasteiger partial charge in [-0.3, -0.25) is 9.78 Å². The summed E-state index contributed by atoms with van der Waals surface area (Å²) in [7, 11) is -0.791. The average molecular weight is 361 g/mol. The van der Waals surface area contributed by atoms with Crippen molar-refractivity contribution in [3.05, 3.63) is 58.6 Å². The zero-order valence-electron chi connectivity index (χ0n) is 13.4. The maximum atomic E-state index is 12.4. The molecule has 0 bridgehead atoms. The van der Waals surface area contributed by atoms with E-state index in [1.165, 1.54) is 38.4 Å². The van der Waals surface area contributed by atoms with Crippen LogP contribution < -0.4 is 11.1 Å². The summed E-state index contributed by atoms with van der Waals surface area (Å²) in [5.41, 5.74) is 1.47. The molecule has 2 aromatic carbocycles. The first kappa shape index (κ1) is 16.9. The lowest BCUT2D eigenvalue weighted by molar-refractivity contribution is 0.102. The van der Waals surface area contributed by atoms with Crippen LogP contribution in [0.4, 0.5) is 5.69 Å². The van der Waals surface area contributed by atoms with Crippen LogP contribution in [0.25, 0.3) is 11.1 Å². The predicted molar refractivity (Wildman–Crippen MR) is 92.1 cm³/mol. The number of H-pyrrole nitrogens is 1. The van der Waals surface area contributed by atoms with Gasteiger partial charge in [0.25, 0.3) is 5.91 Å². The topological polar surface area (TPSA) is 112 Å². The quantitative estimate of drug-likeness (QED) is 0.733. The van der Waals surface area contributed by atoms with E-state index in [-0.39, 0.29) is 10.5 Å². The van der Waals surface area contributed by atoms with Gasteiger partial charge in [0.05, 0.1) is 10.4 Å². The van der Waals surface area contributed by atoms with E-state index in [4.69, 9.17) is 4.42 Å². The van der Waals surface area contributed by atoms with Crippen LogP contribution in [-0.2, 0) is 10.0 Å². The third-order valence-corrected chi connectivity index (χ3v) is 5.36. The summed E-state index contributed by atoms with van der Waals surface area (Å²) in [6.07, 6.45) is 0. The average Bonchev–Trinajstić information content (AvgIpc) is 2.94. The van der Waals surface area contributed by atoms with Gasteiger partial charge in [0, 0.05) is 25.3 Å². The zero-order chi connectivity index (χ0) is 18.2. The maximum absolute atomic E-state index is 12.4. The van der Waals surface area contributed by atoms with E-state index in [1.54, 1.807) is 18.2 Å². The lowest BCUT2D eigenvalue weighted by Gasteiger charge is -2.12. The first-order chi connectivity index (χ1) is 11.8. The van der Waals surface area contributed by atoms with E-state index in [0.717, 1.165) is 4.31 Å². The minimum atomic E-state index is -3.63. The molecule has 0 spiro atoms. The van der Waals surface area contributed by atoms with Gasteiger partial charge >= 0.3 is 5.76 Å². The summed E-state index contributed by atoms with van der Waals surface area (Å²) in [5, 5.41) is 2.66. The van der Waals surface area contributed by atoms with Gasteiger partial charge in [-0.15, -0.1) is 0 Å². The van der Waals surface area contributed by atoms with Gasteiger partial charge in [0.1, 0.15) is 0 Å². The molecule has 3 aromatic rings. The molecule has 0 aliphatic carbocycles. The molecule has 9 heteroatoms. The predicted octanol–water partition coefficient (Wildman–Crippen LogP) is 1.62. The van der Waals surface area contributed by atoms with E-state index < -0.39 is 21.7 Å². The number of aromatic nitrogens is 1. The minimum absolute atomic E-state index is 0.0276. The van der Waals surface area contributed by atoms with Crippen molar-refractivity contribution in [1.82, 2.24) is 9.29 Å². The fourth-order valence-corrected chi connectivity index (χ4v) is 3.19. The number of fused-ring (bicyclic) bond motifs is 1. The number of carbonyl (C=O) groups is 1. The number of carbonyl (C=O) groups excluding carboxylic acids is 1. The van der Waals surface area contributed by atoms with Crippen LogP contribution >= 0.6 is 0 Å². The molecule has 130 valence electrons. The van der Waals surface area contributed by atoms with Crippen LogP contribution in [0, 0.1) is 0 Å². The number of nitrogens with one attached hydrogen (secondary N) is 2. The molecule has 0 aliphatic heterocycles. The first-order valence-electron chi connectivity index (χ1n) is 7.24. The number of nitrogens with zero attached hydrogens (tertiary/aromatic N) is 1. The molecule has 0 unspecified atom stereocenters.